The number of carbonyl (C=O) groups excluding carboxylic acids is 1. The molecule has 0 bridgehead atoms. The molecule has 1 heterocycles. The van der Waals surface area contributed by atoms with E-state index in [2.05, 4.69) is 24.3 Å². The van der Waals surface area contributed by atoms with Crippen LogP contribution in [0.15, 0.2) is 24.4 Å². The highest BCUT2D eigenvalue weighted by Crippen LogP contribution is 2.42. The van der Waals surface area contributed by atoms with E-state index >= 15 is 0 Å². The molecule has 0 radical (unpaired) electrons. The average molecular weight is 345 g/mol. The van der Waals surface area contributed by atoms with Crippen LogP contribution in [0.4, 0.5) is 4.39 Å². The Morgan fingerprint density at radius 2 is 2.24 bits per heavy atom. The van der Waals surface area contributed by atoms with Crippen molar-refractivity contribution in [3.63, 3.8) is 0 Å². The van der Waals surface area contributed by atoms with E-state index in [4.69, 9.17) is 5.11 Å². The highest BCUT2D eigenvalue weighted by atomic mass is 19.1. The minimum absolute atomic E-state index is 0.161. The van der Waals surface area contributed by atoms with E-state index < -0.39 is 5.82 Å². The van der Waals surface area contributed by atoms with Crippen LogP contribution in [0.3, 0.4) is 0 Å². The highest BCUT2D eigenvalue weighted by molar-refractivity contribution is 5.95. The second-order valence-electron chi connectivity index (χ2n) is 6.69. The molecule has 1 aliphatic carbocycles. The van der Waals surface area contributed by atoms with Crippen LogP contribution in [0.25, 0.3) is 0 Å². The van der Waals surface area contributed by atoms with Gasteiger partial charge < -0.3 is 10.4 Å². The molecule has 1 aliphatic rings. The lowest BCUT2D eigenvalue weighted by atomic mass is 10.1. The van der Waals surface area contributed by atoms with Gasteiger partial charge in [-0.25, -0.2) is 4.39 Å². The zero-order valence-corrected chi connectivity index (χ0v) is 14.6. The number of aliphatic hydroxyl groups excluding tert-OH is 1. The number of carbonyl (C=O) groups is 1. The number of aliphatic hydroxyl groups is 1. The first-order valence-corrected chi connectivity index (χ1v) is 8.78. The molecule has 1 aromatic carbocycles. The Bertz CT molecular complexity index is 768. The van der Waals surface area contributed by atoms with Crippen molar-refractivity contribution in [1.82, 2.24) is 15.1 Å². The Morgan fingerprint density at radius 3 is 2.88 bits per heavy atom. The fourth-order valence-electron chi connectivity index (χ4n) is 2.97. The Hall–Kier alpha value is -2.21. The summed E-state index contributed by atoms with van der Waals surface area (Å²) < 4.78 is 15.4. The number of rotatable bonds is 7. The third-order valence-electron chi connectivity index (χ3n) is 4.78. The van der Waals surface area contributed by atoms with E-state index in [1.165, 1.54) is 6.07 Å². The Morgan fingerprint density at radius 1 is 1.48 bits per heavy atom. The number of halogens is 1. The van der Waals surface area contributed by atoms with Gasteiger partial charge in [0.15, 0.2) is 0 Å². The first kappa shape index (κ1) is 17.6. The van der Waals surface area contributed by atoms with Crippen molar-refractivity contribution in [2.24, 2.45) is 0 Å². The normalized spacial score (nSPS) is 15.2. The molecule has 5 nitrogen and oxygen atoms in total. The molecule has 25 heavy (non-hydrogen) atoms. The van der Waals surface area contributed by atoms with Gasteiger partial charge in [-0.3, -0.25) is 9.48 Å². The second-order valence-corrected chi connectivity index (χ2v) is 6.69. The van der Waals surface area contributed by atoms with Gasteiger partial charge >= 0.3 is 0 Å². The molecule has 1 atom stereocenters. The summed E-state index contributed by atoms with van der Waals surface area (Å²) in [5, 5.41) is 16.5. The largest absolute Gasteiger partial charge is 0.392 e. The molecule has 6 heteroatoms. The second kappa shape index (κ2) is 7.35. The van der Waals surface area contributed by atoms with Crippen LogP contribution < -0.4 is 5.32 Å². The van der Waals surface area contributed by atoms with Crippen LogP contribution >= 0.6 is 0 Å². The Balaban J connectivity index is 1.74. The van der Waals surface area contributed by atoms with E-state index in [-0.39, 0.29) is 30.7 Å². The molecule has 2 aromatic rings. The van der Waals surface area contributed by atoms with Gasteiger partial charge in [0.25, 0.3) is 5.91 Å². The SMILES string of the molecule is CCC(C)n1ncc(C(=O)NCc2ccc(F)c(CO)c2)c1C1CC1. The van der Waals surface area contributed by atoms with Crippen LogP contribution in [0.5, 0.6) is 0 Å². The topological polar surface area (TPSA) is 67.2 Å². The maximum atomic E-state index is 13.4. The molecular weight excluding hydrogens is 321 g/mol. The fraction of sp³-hybridized carbons (Fsp3) is 0.474. The van der Waals surface area contributed by atoms with Crippen molar-refractivity contribution in [1.29, 1.82) is 0 Å². The smallest absolute Gasteiger partial charge is 0.255 e. The summed E-state index contributed by atoms with van der Waals surface area (Å²) in [7, 11) is 0. The van der Waals surface area contributed by atoms with Crippen molar-refractivity contribution < 1.29 is 14.3 Å². The van der Waals surface area contributed by atoms with Gasteiger partial charge in [0.05, 0.1) is 24.1 Å². The van der Waals surface area contributed by atoms with Crippen molar-refractivity contribution in [3.8, 4) is 0 Å². The lowest BCUT2D eigenvalue weighted by molar-refractivity contribution is 0.0949. The van der Waals surface area contributed by atoms with E-state index in [0.717, 1.165) is 30.5 Å². The first-order valence-electron chi connectivity index (χ1n) is 8.78. The van der Waals surface area contributed by atoms with Crippen LogP contribution in [-0.2, 0) is 13.2 Å². The van der Waals surface area contributed by atoms with E-state index in [9.17, 15) is 9.18 Å². The number of aromatic nitrogens is 2. The van der Waals surface area contributed by atoms with Gasteiger partial charge in [0.2, 0.25) is 0 Å². The molecule has 2 N–H and O–H groups in total. The average Bonchev–Trinajstić information content (AvgIpc) is 3.37. The van der Waals surface area contributed by atoms with Crippen molar-refractivity contribution in [3.05, 3.63) is 52.6 Å². The van der Waals surface area contributed by atoms with Crippen molar-refractivity contribution >= 4 is 5.91 Å². The molecule has 3 rings (SSSR count). The maximum absolute atomic E-state index is 13.4. The van der Waals surface area contributed by atoms with Gasteiger partial charge in [0, 0.05) is 24.1 Å². The summed E-state index contributed by atoms with van der Waals surface area (Å²) in [6.07, 6.45) is 4.81. The zero-order chi connectivity index (χ0) is 18.0. The van der Waals surface area contributed by atoms with Gasteiger partial charge in [-0.2, -0.15) is 5.10 Å². The van der Waals surface area contributed by atoms with Crippen molar-refractivity contribution in [2.75, 3.05) is 0 Å². The summed E-state index contributed by atoms with van der Waals surface area (Å²) in [6, 6.07) is 4.75. The van der Waals surface area contributed by atoms with Crippen LogP contribution in [-0.4, -0.2) is 20.8 Å². The van der Waals surface area contributed by atoms with Crippen LogP contribution in [0.1, 0.15) is 72.2 Å². The van der Waals surface area contributed by atoms with E-state index in [0.29, 0.717) is 11.5 Å². The van der Waals surface area contributed by atoms with Crippen LogP contribution in [0.2, 0.25) is 0 Å². The first-order chi connectivity index (χ1) is 12.0. The summed E-state index contributed by atoms with van der Waals surface area (Å²) in [5.74, 6) is -0.182. The molecule has 0 spiro atoms. The molecule has 1 fully saturated rings. The summed E-state index contributed by atoms with van der Waals surface area (Å²) >= 11 is 0. The molecule has 0 saturated heterocycles. The minimum Gasteiger partial charge on any atom is -0.392 e. The molecular formula is C19H24FN3O2. The van der Waals surface area contributed by atoms with Gasteiger partial charge in [0.1, 0.15) is 5.82 Å². The number of hydrogen-bond acceptors (Lipinski definition) is 3. The number of benzene rings is 1. The third-order valence-corrected chi connectivity index (χ3v) is 4.78. The standard InChI is InChI=1S/C19H24FN3O2/c1-3-12(2)23-18(14-5-6-14)16(10-22-23)19(25)21-9-13-4-7-17(20)15(8-13)11-24/h4,7-8,10,12,14,24H,3,5-6,9,11H2,1-2H3,(H,21,25). The van der Waals surface area contributed by atoms with Crippen molar-refractivity contribution in [2.45, 2.75) is 58.2 Å². The molecule has 0 aliphatic heterocycles. The predicted octanol–water partition coefficient (Wildman–Crippen LogP) is 3.29. The molecule has 1 saturated carbocycles. The van der Waals surface area contributed by atoms with E-state index in [1.807, 2.05) is 4.68 Å². The number of amides is 1. The summed E-state index contributed by atoms with van der Waals surface area (Å²) in [4.78, 5) is 12.6. The minimum atomic E-state index is -0.441. The molecule has 1 amide bonds. The zero-order valence-electron chi connectivity index (χ0n) is 14.6. The molecule has 1 aromatic heterocycles. The van der Waals surface area contributed by atoms with Gasteiger partial charge in [-0.1, -0.05) is 13.0 Å². The Labute approximate surface area is 146 Å². The van der Waals surface area contributed by atoms with Gasteiger partial charge in [-0.15, -0.1) is 0 Å². The number of hydrogen-bond donors (Lipinski definition) is 2. The fourth-order valence-corrected chi connectivity index (χ4v) is 2.97. The maximum Gasteiger partial charge on any atom is 0.255 e. The molecule has 1 unspecified atom stereocenters. The van der Waals surface area contributed by atoms with E-state index in [1.54, 1.807) is 18.3 Å². The number of nitrogens with one attached hydrogen (secondary N) is 1. The predicted molar refractivity (Wildman–Crippen MR) is 92.7 cm³/mol. The van der Waals surface area contributed by atoms with Crippen LogP contribution in [0, 0.1) is 5.82 Å². The number of nitrogens with zero attached hydrogens (tertiary/aromatic N) is 2. The Kier molecular flexibility index (Phi) is 5.18. The summed E-state index contributed by atoms with van der Waals surface area (Å²) in [5.41, 5.74) is 2.64. The van der Waals surface area contributed by atoms with Gasteiger partial charge in [-0.05, 0) is 43.9 Å². The quantitative estimate of drug-likeness (QED) is 0.809. The lowest BCUT2D eigenvalue weighted by Gasteiger charge is -2.14. The lowest BCUT2D eigenvalue weighted by Crippen LogP contribution is -2.24. The highest BCUT2D eigenvalue weighted by Gasteiger charge is 2.33. The monoisotopic (exact) mass is 345 g/mol. The summed E-state index contributed by atoms with van der Waals surface area (Å²) in [6.45, 7) is 4.14. The molecule has 134 valence electrons. The third kappa shape index (κ3) is 3.74.